The molecule has 0 aliphatic heterocycles. The second-order valence-corrected chi connectivity index (χ2v) is 4.98. The van der Waals surface area contributed by atoms with Gasteiger partial charge in [0.15, 0.2) is 0 Å². The smallest absolute Gasteiger partial charge is 0.0553 e. The Kier molecular flexibility index (Phi) is 5.74. The first-order chi connectivity index (χ1) is 9.85. The van der Waals surface area contributed by atoms with Gasteiger partial charge in [0.2, 0.25) is 0 Å². The van der Waals surface area contributed by atoms with Crippen LogP contribution < -0.4 is 5.32 Å². The Morgan fingerprint density at radius 1 is 1.25 bits per heavy atom. The third-order valence-electron chi connectivity index (χ3n) is 3.49. The molecule has 2 rings (SSSR count). The highest BCUT2D eigenvalue weighted by atomic mass is 15.3. The van der Waals surface area contributed by atoms with Crippen LogP contribution in [-0.2, 0) is 13.0 Å². The third-order valence-corrected chi connectivity index (χ3v) is 3.49. The zero-order valence-corrected chi connectivity index (χ0v) is 12.4. The summed E-state index contributed by atoms with van der Waals surface area (Å²) < 4.78 is 2.08. The molecule has 0 amide bonds. The molecular formula is C16H24N4. The van der Waals surface area contributed by atoms with Crippen LogP contribution in [0.5, 0.6) is 0 Å². The first-order valence-electron chi connectivity index (χ1n) is 7.49. The molecule has 20 heavy (non-hydrogen) atoms. The van der Waals surface area contributed by atoms with Crippen molar-refractivity contribution in [1.29, 1.82) is 0 Å². The maximum absolute atomic E-state index is 4.38. The van der Waals surface area contributed by atoms with Crippen molar-refractivity contribution >= 4 is 0 Å². The summed E-state index contributed by atoms with van der Waals surface area (Å²) in [7, 11) is 0. The molecule has 2 aromatic rings. The standard InChI is InChI=1S/C16H24N4/c1-3-10-18-15(16-9-12-19-20(16)4-2)8-7-14-6-5-11-17-13-14/h5-6,9,11-13,15,18H,3-4,7-8,10H2,1-2H3. The van der Waals surface area contributed by atoms with E-state index in [1.54, 1.807) is 0 Å². The normalized spacial score (nSPS) is 12.5. The molecule has 4 heteroatoms. The summed E-state index contributed by atoms with van der Waals surface area (Å²) >= 11 is 0. The van der Waals surface area contributed by atoms with Gasteiger partial charge in [-0.15, -0.1) is 0 Å². The highest BCUT2D eigenvalue weighted by molar-refractivity contribution is 5.12. The molecule has 4 nitrogen and oxygen atoms in total. The van der Waals surface area contributed by atoms with Crippen molar-refractivity contribution in [2.24, 2.45) is 0 Å². The fraction of sp³-hybridized carbons (Fsp3) is 0.500. The van der Waals surface area contributed by atoms with Crippen molar-refractivity contribution in [3.63, 3.8) is 0 Å². The maximum atomic E-state index is 4.38. The number of hydrogen-bond acceptors (Lipinski definition) is 3. The van der Waals surface area contributed by atoms with Gasteiger partial charge in [0, 0.05) is 31.2 Å². The summed E-state index contributed by atoms with van der Waals surface area (Å²) in [5.41, 5.74) is 2.57. The highest BCUT2D eigenvalue weighted by Crippen LogP contribution is 2.19. The lowest BCUT2D eigenvalue weighted by molar-refractivity contribution is 0.456. The quantitative estimate of drug-likeness (QED) is 0.803. The molecule has 108 valence electrons. The molecule has 0 bridgehead atoms. The Morgan fingerprint density at radius 3 is 2.85 bits per heavy atom. The fourth-order valence-corrected chi connectivity index (χ4v) is 2.43. The molecule has 0 saturated heterocycles. The molecule has 0 fully saturated rings. The average molecular weight is 272 g/mol. The van der Waals surface area contributed by atoms with Gasteiger partial charge in [0.25, 0.3) is 0 Å². The van der Waals surface area contributed by atoms with Crippen LogP contribution >= 0.6 is 0 Å². The van der Waals surface area contributed by atoms with Crippen molar-refractivity contribution < 1.29 is 0 Å². The summed E-state index contributed by atoms with van der Waals surface area (Å²) in [4.78, 5) is 4.18. The van der Waals surface area contributed by atoms with Crippen LogP contribution in [0.3, 0.4) is 0 Å². The summed E-state index contributed by atoms with van der Waals surface area (Å²) in [6.45, 7) is 6.28. The van der Waals surface area contributed by atoms with E-state index in [9.17, 15) is 0 Å². The maximum Gasteiger partial charge on any atom is 0.0553 e. The summed E-state index contributed by atoms with van der Waals surface area (Å²) in [6.07, 6.45) is 8.91. The number of nitrogens with zero attached hydrogens (tertiary/aromatic N) is 3. The van der Waals surface area contributed by atoms with Gasteiger partial charge in [-0.25, -0.2) is 0 Å². The van der Waals surface area contributed by atoms with E-state index in [-0.39, 0.29) is 0 Å². The zero-order chi connectivity index (χ0) is 14.2. The molecule has 0 aliphatic carbocycles. The Labute approximate surface area is 121 Å². The van der Waals surface area contributed by atoms with Gasteiger partial charge < -0.3 is 5.32 Å². The molecule has 1 unspecified atom stereocenters. The number of rotatable bonds is 8. The summed E-state index contributed by atoms with van der Waals surface area (Å²) in [5, 5.41) is 8.02. The van der Waals surface area contributed by atoms with E-state index in [1.807, 2.05) is 24.7 Å². The molecule has 2 heterocycles. The van der Waals surface area contributed by atoms with Crippen LogP contribution in [0.4, 0.5) is 0 Å². The van der Waals surface area contributed by atoms with E-state index >= 15 is 0 Å². The van der Waals surface area contributed by atoms with Crippen LogP contribution in [0, 0.1) is 0 Å². The monoisotopic (exact) mass is 272 g/mol. The van der Waals surface area contributed by atoms with Crippen molar-refractivity contribution in [2.45, 2.75) is 45.7 Å². The molecule has 0 spiro atoms. The largest absolute Gasteiger partial charge is 0.309 e. The number of aryl methyl sites for hydroxylation is 2. The molecule has 0 saturated carbocycles. The predicted molar refractivity (Wildman–Crippen MR) is 81.5 cm³/mol. The summed E-state index contributed by atoms with van der Waals surface area (Å²) in [6, 6.07) is 6.62. The van der Waals surface area contributed by atoms with E-state index in [0.717, 1.165) is 32.4 Å². The zero-order valence-electron chi connectivity index (χ0n) is 12.4. The number of pyridine rings is 1. The van der Waals surface area contributed by atoms with Crippen LogP contribution in [-0.4, -0.2) is 21.3 Å². The number of hydrogen-bond donors (Lipinski definition) is 1. The molecule has 1 atom stereocenters. The third kappa shape index (κ3) is 3.90. The van der Waals surface area contributed by atoms with Gasteiger partial charge in [-0.1, -0.05) is 13.0 Å². The molecule has 0 radical (unpaired) electrons. The molecule has 0 aliphatic rings. The Morgan fingerprint density at radius 2 is 2.15 bits per heavy atom. The highest BCUT2D eigenvalue weighted by Gasteiger charge is 2.14. The number of aromatic nitrogens is 3. The number of nitrogens with one attached hydrogen (secondary N) is 1. The van der Waals surface area contributed by atoms with Gasteiger partial charge >= 0.3 is 0 Å². The lowest BCUT2D eigenvalue weighted by atomic mass is 10.0. The van der Waals surface area contributed by atoms with Crippen molar-refractivity contribution in [3.8, 4) is 0 Å². The fourth-order valence-electron chi connectivity index (χ4n) is 2.43. The van der Waals surface area contributed by atoms with Crippen LogP contribution in [0.2, 0.25) is 0 Å². The van der Waals surface area contributed by atoms with Gasteiger partial charge in [0.1, 0.15) is 0 Å². The van der Waals surface area contributed by atoms with Gasteiger partial charge in [-0.2, -0.15) is 5.10 Å². The van der Waals surface area contributed by atoms with Crippen molar-refractivity contribution in [2.75, 3.05) is 6.54 Å². The predicted octanol–water partition coefficient (Wildman–Crippen LogP) is 2.97. The second kappa shape index (κ2) is 7.80. The molecule has 2 aromatic heterocycles. The minimum Gasteiger partial charge on any atom is -0.309 e. The Bertz CT molecular complexity index is 492. The first-order valence-corrected chi connectivity index (χ1v) is 7.49. The van der Waals surface area contributed by atoms with E-state index in [0.29, 0.717) is 6.04 Å². The van der Waals surface area contributed by atoms with Crippen LogP contribution in [0.1, 0.15) is 44.0 Å². The van der Waals surface area contributed by atoms with Gasteiger partial charge in [-0.05, 0) is 50.4 Å². The first kappa shape index (κ1) is 14.7. The lowest BCUT2D eigenvalue weighted by Gasteiger charge is -2.19. The molecule has 1 N–H and O–H groups in total. The Hall–Kier alpha value is -1.68. The van der Waals surface area contributed by atoms with Gasteiger partial charge in [-0.3, -0.25) is 9.67 Å². The summed E-state index contributed by atoms with van der Waals surface area (Å²) in [5.74, 6) is 0. The lowest BCUT2D eigenvalue weighted by Crippen LogP contribution is -2.25. The SMILES string of the molecule is CCCNC(CCc1cccnc1)c1ccnn1CC. The van der Waals surface area contributed by atoms with Gasteiger partial charge in [0.05, 0.1) is 5.69 Å². The van der Waals surface area contributed by atoms with Crippen LogP contribution in [0.15, 0.2) is 36.8 Å². The average Bonchev–Trinajstić information content (AvgIpc) is 2.97. The van der Waals surface area contributed by atoms with Crippen molar-refractivity contribution in [3.05, 3.63) is 48.0 Å². The Balaban J connectivity index is 2.04. The molecular weight excluding hydrogens is 248 g/mol. The van der Waals surface area contributed by atoms with E-state index < -0.39 is 0 Å². The van der Waals surface area contributed by atoms with E-state index in [1.165, 1.54) is 11.3 Å². The van der Waals surface area contributed by atoms with E-state index in [4.69, 9.17) is 0 Å². The molecule has 0 aromatic carbocycles. The second-order valence-electron chi connectivity index (χ2n) is 4.98. The van der Waals surface area contributed by atoms with Crippen molar-refractivity contribution in [1.82, 2.24) is 20.1 Å². The topological polar surface area (TPSA) is 42.7 Å². The van der Waals surface area contributed by atoms with E-state index in [2.05, 4.69) is 46.1 Å². The van der Waals surface area contributed by atoms with Crippen LogP contribution in [0.25, 0.3) is 0 Å². The minimum atomic E-state index is 0.359. The minimum absolute atomic E-state index is 0.359.